The van der Waals surface area contributed by atoms with Crippen molar-refractivity contribution < 1.29 is 33.5 Å². The van der Waals surface area contributed by atoms with E-state index in [1.165, 1.54) is 0 Å². The Labute approximate surface area is 307 Å². The first kappa shape index (κ1) is 36.7. The molecule has 0 radical (unpaired) electrons. The van der Waals surface area contributed by atoms with Crippen molar-refractivity contribution in [2.24, 2.45) is 0 Å². The first-order valence-electron chi connectivity index (χ1n) is 17.9. The van der Waals surface area contributed by atoms with Crippen LogP contribution < -0.4 is 18.9 Å². The van der Waals surface area contributed by atoms with E-state index < -0.39 is 6.10 Å². The van der Waals surface area contributed by atoms with Gasteiger partial charge in [0, 0.05) is 0 Å². The van der Waals surface area contributed by atoms with E-state index >= 15 is 0 Å². The molecule has 0 aromatic heterocycles. The summed E-state index contributed by atoms with van der Waals surface area (Å²) in [6, 6.07) is 24.6. The number of ether oxygens (including phenoxy) is 6. The molecule has 4 aromatic carbocycles. The molecule has 7 heteroatoms. The SMILES string of the molecule is C=CCc1cc(-c2ccc(OCC3CO3)c(CC=C)c2)ccc1OCC(O)COc1ccc(-c2ccc(OCC3CO3)c(CC=C)c2)cc1CC=C. The molecule has 0 amide bonds. The van der Waals surface area contributed by atoms with Crippen molar-refractivity contribution in [3.63, 3.8) is 0 Å². The molecule has 0 aliphatic carbocycles. The second kappa shape index (κ2) is 17.9. The van der Waals surface area contributed by atoms with Gasteiger partial charge in [0.2, 0.25) is 0 Å². The van der Waals surface area contributed by atoms with Crippen LogP contribution in [0.5, 0.6) is 23.0 Å². The van der Waals surface area contributed by atoms with Crippen molar-refractivity contribution in [1.29, 1.82) is 0 Å². The van der Waals surface area contributed by atoms with Crippen molar-refractivity contribution in [2.75, 3.05) is 39.6 Å². The van der Waals surface area contributed by atoms with E-state index in [2.05, 4.69) is 62.7 Å². The number of rotatable bonds is 22. The predicted octanol–water partition coefficient (Wildman–Crippen LogP) is 8.31. The van der Waals surface area contributed by atoms with Gasteiger partial charge in [0.15, 0.2) is 0 Å². The molecular weight excluding hydrogens is 652 g/mol. The number of benzene rings is 4. The maximum absolute atomic E-state index is 10.9. The van der Waals surface area contributed by atoms with Gasteiger partial charge in [-0.2, -0.15) is 0 Å². The average molecular weight is 701 g/mol. The Hall–Kier alpha value is -5.08. The highest BCUT2D eigenvalue weighted by Crippen LogP contribution is 2.34. The highest BCUT2D eigenvalue weighted by atomic mass is 16.6. The van der Waals surface area contributed by atoms with Crippen molar-refractivity contribution in [2.45, 2.75) is 44.0 Å². The molecule has 52 heavy (non-hydrogen) atoms. The van der Waals surface area contributed by atoms with Crippen LogP contribution in [0.15, 0.2) is 123 Å². The number of epoxide rings is 2. The van der Waals surface area contributed by atoms with E-state index in [-0.39, 0.29) is 25.4 Å². The second-order valence-corrected chi connectivity index (χ2v) is 13.1. The van der Waals surface area contributed by atoms with Gasteiger partial charge in [0.05, 0.1) is 13.2 Å². The van der Waals surface area contributed by atoms with Crippen LogP contribution in [-0.4, -0.2) is 63.1 Å². The maximum atomic E-state index is 10.9. The summed E-state index contributed by atoms with van der Waals surface area (Å²) in [6.45, 7) is 18.5. The van der Waals surface area contributed by atoms with Crippen molar-refractivity contribution in [3.05, 3.63) is 146 Å². The Morgan fingerprint density at radius 3 is 1.08 bits per heavy atom. The maximum Gasteiger partial charge on any atom is 0.122 e. The Balaban J connectivity index is 1.09. The lowest BCUT2D eigenvalue weighted by Crippen LogP contribution is -2.25. The predicted molar refractivity (Wildman–Crippen MR) is 207 cm³/mol. The molecule has 0 saturated carbocycles. The molecule has 2 aliphatic heterocycles. The summed E-state index contributed by atoms with van der Waals surface area (Å²) < 4.78 is 34.9. The van der Waals surface area contributed by atoms with Crippen LogP contribution in [0, 0.1) is 0 Å². The second-order valence-electron chi connectivity index (χ2n) is 13.1. The lowest BCUT2D eigenvalue weighted by Gasteiger charge is -2.18. The summed E-state index contributed by atoms with van der Waals surface area (Å²) in [6.07, 6.45) is 9.64. The normalized spacial score (nSPS) is 16.3. The van der Waals surface area contributed by atoms with Gasteiger partial charge in [-0.15, -0.1) is 26.3 Å². The first-order valence-corrected chi connectivity index (χ1v) is 17.9. The van der Waals surface area contributed by atoms with Gasteiger partial charge in [-0.05, 0) is 119 Å². The zero-order chi connectivity index (χ0) is 36.3. The van der Waals surface area contributed by atoms with E-state index in [1.54, 1.807) is 0 Å². The molecule has 2 fully saturated rings. The molecule has 2 saturated heterocycles. The summed E-state index contributed by atoms with van der Waals surface area (Å²) in [5.74, 6) is 3.09. The van der Waals surface area contributed by atoms with Gasteiger partial charge in [-0.3, -0.25) is 0 Å². The molecule has 270 valence electrons. The van der Waals surface area contributed by atoms with Crippen LogP contribution in [-0.2, 0) is 35.2 Å². The van der Waals surface area contributed by atoms with Gasteiger partial charge in [0.25, 0.3) is 0 Å². The zero-order valence-corrected chi connectivity index (χ0v) is 29.8. The highest BCUT2D eigenvalue weighted by molar-refractivity contribution is 5.69. The highest BCUT2D eigenvalue weighted by Gasteiger charge is 2.24. The van der Waals surface area contributed by atoms with Crippen molar-refractivity contribution in [1.82, 2.24) is 0 Å². The Morgan fingerprint density at radius 1 is 0.519 bits per heavy atom. The average Bonchev–Trinajstić information content (AvgIpc) is 4.10. The number of hydrogen-bond donors (Lipinski definition) is 1. The van der Waals surface area contributed by atoms with Gasteiger partial charge in [-0.25, -0.2) is 0 Å². The quantitative estimate of drug-likeness (QED) is 0.0653. The summed E-state index contributed by atoms with van der Waals surface area (Å²) in [5.41, 5.74) is 8.36. The standard InChI is InChI=1S/C45H48O7/c1-5-9-35-21-31(33-15-19-44(37(23-33)11-7-3)51-29-40-27-47-40)13-17-42(35)49-25-39(46)26-50-43-18-14-32(22-36(43)10-6-2)34-16-20-45(38(24-34)12-8-4)52-30-41-28-48-41/h5-8,13-24,39-41,46H,1-4,9-12,25-30H2. The fourth-order valence-corrected chi connectivity index (χ4v) is 5.97. The van der Waals surface area contributed by atoms with Gasteiger partial charge >= 0.3 is 0 Å². The van der Waals surface area contributed by atoms with Gasteiger partial charge in [0.1, 0.15) is 67.7 Å². The lowest BCUT2D eigenvalue weighted by atomic mass is 9.98. The summed E-state index contributed by atoms with van der Waals surface area (Å²) >= 11 is 0. The fourth-order valence-electron chi connectivity index (χ4n) is 5.97. The summed E-state index contributed by atoms with van der Waals surface area (Å²) in [4.78, 5) is 0. The molecular formula is C45H48O7. The Bertz CT molecular complexity index is 1730. The van der Waals surface area contributed by atoms with Crippen LogP contribution >= 0.6 is 0 Å². The molecule has 2 aliphatic rings. The van der Waals surface area contributed by atoms with Crippen LogP contribution in [0.1, 0.15) is 22.3 Å². The van der Waals surface area contributed by atoms with Gasteiger partial charge in [-0.1, -0.05) is 48.6 Å². The molecule has 4 aromatic rings. The molecule has 7 nitrogen and oxygen atoms in total. The minimum Gasteiger partial charge on any atom is -0.490 e. The smallest absolute Gasteiger partial charge is 0.122 e. The third-order valence-corrected chi connectivity index (χ3v) is 8.88. The Morgan fingerprint density at radius 2 is 0.808 bits per heavy atom. The summed E-state index contributed by atoms with van der Waals surface area (Å²) in [5, 5.41) is 10.9. The fraction of sp³-hybridized carbons (Fsp3) is 0.289. The molecule has 2 atom stereocenters. The van der Waals surface area contributed by atoms with E-state index in [4.69, 9.17) is 28.4 Å². The number of aliphatic hydroxyl groups is 1. The largest absolute Gasteiger partial charge is 0.490 e. The molecule has 0 spiro atoms. The topological polar surface area (TPSA) is 82.2 Å². The molecule has 1 N–H and O–H groups in total. The van der Waals surface area contributed by atoms with Crippen molar-refractivity contribution >= 4 is 0 Å². The number of aliphatic hydroxyl groups excluding tert-OH is 1. The minimum atomic E-state index is -0.849. The molecule has 2 heterocycles. The lowest BCUT2D eigenvalue weighted by molar-refractivity contribution is 0.0621. The van der Waals surface area contributed by atoms with E-state index in [0.717, 1.165) is 69.2 Å². The van der Waals surface area contributed by atoms with Crippen LogP contribution in [0.2, 0.25) is 0 Å². The van der Waals surface area contributed by atoms with Crippen LogP contribution in [0.25, 0.3) is 22.3 Å². The monoisotopic (exact) mass is 700 g/mol. The number of hydrogen-bond acceptors (Lipinski definition) is 7. The third kappa shape index (κ3) is 10.0. The zero-order valence-electron chi connectivity index (χ0n) is 29.8. The summed E-state index contributed by atoms with van der Waals surface area (Å²) in [7, 11) is 0. The Kier molecular flexibility index (Phi) is 12.6. The van der Waals surface area contributed by atoms with E-state index in [0.29, 0.717) is 50.4 Å². The first-order chi connectivity index (χ1) is 25.5. The third-order valence-electron chi connectivity index (χ3n) is 8.88. The number of allylic oxidation sites excluding steroid dienone is 4. The van der Waals surface area contributed by atoms with Crippen LogP contribution in [0.4, 0.5) is 0 Å². The molecule has 6 rings (SSSR count). The molecule has 2 unspecified atom stereocenters. The molecule has 0 bridgehead atoms. The van der Waals surface area contributed by atoms with Crippen LogP contribution in [0.3, 0.4) is 0 Å². The van der Waals surface area contributed by atoms with E-state index in [9.17, 15) is 5.11 Å². The van der Waals surface area contributed by atoms with Crippen molar-refractivity contribution in [3.8, 4) is 45.3 Å². The van der Waals surface area contributed by atoms with E-state index in [1.807, 2.05) is 60.7 Å². The van der Waals surface area contributed by atoms with Gasteiger partial charge < -0.3 is 33.5 Å². The minimum absolute atomic E-state index is 0.0754.